The summed E-state index contributed by atoms with van der Waals surface area (Å²) in [6.07, 6.45) is 4.08. The molecule has 2 bridgehead atoms. The molecule has 5 atom stereocenters. The highest BCUT2D eigenvalue weighted by molar-refractivity contribution is 5.95. The van der Waals surface area contributed by atoms with Gasteiger partial charge in [-0.1, -0.05) is 30.3 Å². The molecule has 0 spiro atoms. The van der Waals surface area contributed by atoms with Crippen LogP contribution in [0.25, 0.3) is 0 Å². The molecule has 1 amide bonds. The zero-order chi connectivity index (χ0) is 20.2. The standard InChI is InChI=1S/C26H31N3O/c1-28-11-13-29(14-12-28)26(30)20-9-10-22-21(16-20)23-18-7-8-19(15-18)24(23)25(27-22)17-5-3-2-4-6-17/h2-6,9-10,16,18-19,23-25,27H,7-8,11-15H2,1H3/t18-,19-,23-,24-,25+/m0/s1. The van der Waals surface area contributed by atoms with Crippen molar-refractivity contribution in [1.82, 2.24) is 9.80 Å². The minimum absolute atomic E-state index is 0.204. The second-order valence-electron chi connectivity index (χ2n) is 9.87. The van der Waals surface area contributed by atoms with Crippen molar-refractivity contribution in [3.05, 3.63) is 65.2 Å². The summed E-state index contributed by atoms with van der Waals surface area (Å²) in [5, 5.41) is 3.89. The number of carbonyl (C=O) groups excluding carboxylic acids is 1. The Hall–Kier alpha value is -2.33. The van der Waals surface area contributed by atoms with Crippen LogP contribution in [0.4, 0.5) is 5.69 Å². The van der Waals surface area contributed by atoms with Crippen LogP contribution < -0.4 is 5.32 Å². The Morgan fingerprint density at radius 2 is 1.73 bits per heavy atom. The number of rotatable bonds is 2. The summed E-state index contributed by atoms with van der Waals surface area (Å²) >= 11 is 0. The number of anilines is 1. The van der Waals surface area contributed by atoms with Crippen LogP contribution in [-0.2, 0) is 0 Å². The molecular formula is C26H31N3O. The molecule has 2 aromatic rings. The predicted molar refractivity (Wildman–Crippen MR) is 120 cm³/mol. The van der Waals surface area contributed by atoms with E-state index >= 15 is 0 Å². The number of nitrogens with zero attached hydrogens (tertiary/aromatic N) is 2. The molecule has 4 aliphatic rings. The van der Waals surface area contributed by atoms with Gasteiger partial charge in [-0.3, -0.25) is 4.79 Å². The molecule has 6 rings (SSSR count). The molecule has 1 saturated heterocycles. The number of carbonyl (C=O) groups is 1. The summed E-state index contributed by atoms with van der Waals surface area (Å²) in [5.41, 5.74) is 4.93. The number of nitrogens with one attached hydrogen (secondary N) is 1. The molecule has 30 heavy (non-hydrogen) atoms. The number of benzene rings is 2. The van der Waals surface area contributed by atoms with Crippen LogP contribution in [0.15, 0.2) is 48.5 Å². The van der Waals surface area contributed by atoms with Crippen LogP contribution >= 0.6 is 0 Å². The summed E-state index contributed by atoms with van der Waals surface area (Å²) in [5.74, 6) is 3.03. The highest BCUT2D eigenvalue weighted by Crippen LogP contribution is 2.63. The van der Waals surface area contributed by atoms with E-state index in [-0.39, 0.29) is 5.91 Å². The third kappa shape index (κ3) is 2.88. The average molecular weight is 402 g/mol. The van der Waals surface area contributed by atoms with Gasteiger partial charge in [0.25, 0.3) is 5.91 Å². The van der Waals surface area contributed by atoms with Gasteiger partial charge < -0.3 is 15.1 Å². The van der Waals surface area contributed by atoms with E-state index in [9.17, 15) is 4.79 Å². The van der Waals surface area contributed by atoms with Gasteiger partial charge in [0, 0.05) is 37.4 Å². The maximum absolute atomic E-state index is 13.2. The van der Waals surface area contributed by atoms with E-state index in [0.717, 1.165) is 43.6 Å². The Balaban J connectivity index is 1.35. The normalized spacial score (nSPS) is 32.4. The Labute approximate surface area is 179 Å². The van der Waals surface area contributed by atoms with Gasteiger partial charge in [-0.2, -0.15) is 0 Å². The van der Waals surface area contributed by atoms with Crippen molar-refractivity contribution in [2.24, 2.45) is 17.8 Å². The zero-order valence-electron chi connectivity index (χ0n) is 17.8. The van der Waals surface area contributed by atoms with Crippen LogP contribution in [0.5, 0.6) is 0 Å². The molecule has 0 aromatic heterocycles. The quantitative estimate of drug-likeness (QED) is 0.812. The first-order valence-electron chi connectivity index (χ1n) is 11.6. The summed E-state index contributed by atoms with van der Waals surface area (Å²) in [7, 11) is 2.13. The van der Waals surface area contributed by atoms with Gasteiger partial charge in [-0.25, -0.2) is 0 Å². The number of amides is 1. The van der Waals surface area contributed by atoms with Crippen molar-refractivity contribution in [2.45, 2.75) is 31.2 Å². The molecule has 156 valence electrons. The Morgan fingerprint density at radius 3 is 2.53 bits per heavy atom. The number of fused-ring (bicyclic) bond motifs is 7. The van der Waals surface area contributed by atoms with Crippen molar-refractivity contribution >= 4 is 11.6 Å². The molecule has 1 N–H and O–H groups in total. The SMILES string of the molecule is CN1CCN(C(=O)c2ccc3c(c2)[C@@H]2[C@H]4CC[C@@H](C4)[C@@H]2[C@@H](c2ccccc2)N3)CC1. The Kier molecular flexibility index (Phi) is 4.38. The molecule has 4 heteroatoms. The average Bonchev–Trinajstić information content (AvgIpc) is 3.42. The van der Waals surface area contributed by atoms with Gasteiger partial charge in [-0.15, -0.1) is 0 Å². The van der Waals surface area contributed by atoms with Gasteiger partial charge in [0.1, 0.15) is 0 Å². The summed E-state index contributed by atoms with van der Waals surface area (Å²) in [6.45, 7) is 3.59. The molecule has 2 saturated carbocycles. The Morgan fingerprint density at radius 1 is 0.967 bits per heavy atom. The highest BCUT2D eigenvalue weighted by Gasteiger charge is 2.53. The van der Waals surface area contributed by atoms with Gasteiger partial charge in [0.15, 0.2) is 0 Å². The van der Waals surface area contributed by atoms with Crippen molar-refractivity contribution < 1.29 is 4.79 Å². The van der Waals surface area contributed by atoms with Gasteiger partial charge >= 0.3 is 0 Å². The van der Waals surface area contributed by atoms with E-state index < -0.39 is 0 Å². The van der Waals surface area contributed by atoms with Gasteiger partial charge in [0.05, 0.1) is 6.04 Å². The van der Waals surface area contributed by atoms with Gasteiger partial charge in [0.2, 0.25) is 0 Å². The molecular weight excluding hydrogens is 370 g/mol. The van der Waals surface area contributed by atoms with E-state index in [1.165, 1.54) is 36.1 Å². The fourth-order valence-electron chi connectivity index (χ4n) is 6.80. The molecule has 2 heterocycles. The fourth-order valence-corrected chi connectivity index (χ4v) is 6.80. The van der Waals surface area contributed by atoms with Crippen LogP contribution in [0, 0.1) is 17.8 Å². The number of piperazine rings is 1. The summed E-state index contributed by atoms with van der Waals surface area (Å²) < 4.78 is 0. The topological polar surface area (TPSA) is 35.6 Å². The zero-order valence-corrected chi connectivity index (χ0v) is 17.8. The second kappa shape index (κ2) is 7.12. The molecule has 0 radical (unpaired) electrons. The number of likely N-dealkylation sites (N-methyl/N-ethyl adjacent to an activating group) is 1. The molecule has 3 fully saturated rings. The lowest BCUT2D eigenvalue weighted by atomic mass is 9.68. The first kappa shape index (κ1) is 18.4. The smallest absolute Gasteiger partial charge is 0.253 e. The monoisotopic (exact) mass is 401 g/mol. The molecule has 0 unspecified atom stereocenters. The van der Waals surface area contributed by atoms with Crippen LogP contribution in [0.3, 0.4) is 0 Å². The number of hydrogen-bond acceptors (Lipinski definition) is 3. The minimum atomic E-state index is 0.204. The van der Waals surface area contributed by atoms with E-state index in [1.54, 1.807) is 0 Å². The molecule has 2 aliphatic heterocycles. The molecule has 2 aromatic carbocycles. The van der Waals surface area contributed by atoms with E-state index in [0.29, 0.717) is 17.9 Å². The maximum Gasteiger partial charge on any atom is 0.253 e. The fraction of sp³-hybridized carbons (Fsp3) is 0.500. The van der Waals surface area contributed by atoms with E-state index in [4.69, 9.17) is 0 Å². The van der Waals surface area contributed by atoms with Gasteiger partial charge in [-0.05, 0) is 79.3 Å². The van der Waals surface area contributed by atoms with Crippen molar-refractivity contribution in [3.63, 3.8) is 0 Å². The van der Waals surface area contributed by atoms with Crippen molar-refractivity contribution in [2.75, 3.05) is 38.5 Å². The second-order valence-corrected chi connectivity index (χ2v) is 9.87. The minimum Gasteiger partial charge on any atom is -0.378 e. The largest absolute Gasteiger partial charge is 0.378 e. The van der Waals surface area contributed by atoms with Crippen molar-refractivity contribution in [1.29, 1.82) is 0 Å². The van der Waals surface area contributed by atoms with Crippen LogP contribution in [0.2, 0.25) is 0 Å². The highest BCUT2D eigenvalue weighted by atomic mass is 16.2. The lowest BCUT2D eigenvalue weighted by Gasteiger charge is -2.43. The third-order valence-corrected chi connectivity index (χ3v) is 8.28. The maximum atomic E-state index is 13.2. The van der Waals surface area contributed by atoms with Crippen molar-refractivity contribution in [3.8, 4) is 0 Å². The molecule has 2 aliphatic carbocycles. The predicted octanol–water partition coefficient (Wildman–Crippen LogP) is 4.37. The third-order valence-electron chi connectivity index (χ3n) is 8.28. The first-order valence-corrected chi connectivity index (χ1v) is 11.6. The Bertz CT molecular complexity index is 950. The first-order chi connectivity index (χ1) is 14.7. The van der Waals surface area contributed by atoms with Crippen LogP contribution in [0.1, 0.15) is 52.7 Å². The van der Waals surface area contributed by atoms with E-state index in [1.807, 2.05) is 11.0 Å². The molecule has 4 nitrogen and oxygen atoms in total. The van der Waals surface area contributed by atoms with E-state index in [2.05, 4.69) is 59.7 Å². The van der Waals surface area contributed by atoms with Crippen LogP contribution in [-0.4, -0.2) is 48.9 Å². The number of hydrogen-bond donors (Lipinski definition) is 1. The summed E-state index contributed by atoms with van der Waals surface area (Å²) in [6, 6.07) is 17.8. The lowest BCUT2D eigenvalue weighted by Crippen LogP contribution is -2.47. The lowest BCUT2D eigenvalue weighted by molar-refractivity contribution is 0.0664. The summed E-state index contributed by atoms with van der Waals surface area (Å²) in [4.78, 5) is 17.5.